The first kappa shape index (κ1) is 20.4. The maximum atomic E-state index is 12.5. The van der Waals surface area contributed by atoms with Gasteiger partial charge in [0.1, 0.15) is 5.82 Å². The van der Waals surface area contributed by atoms with Crippen LogP contribution in [0, 0.1) is 5.92 Å². The molecule has 3 aromatic heterocycles. The van der Waals surface area contributed by atoms with Gasteiger partial charge in [-0.05, 0) is 18.1 Å². The molecule has 4 heterocycles. The highest BCUT2D eigenvalue weighted by Gasteiger charge is 2.19. The van der Waals surface area contributed by atoms with Crippen LogP contribution in [0.2, 0.25) is 0 Å². The third-order valence-electron chi connectivity index (χ3n) is 5.30. The van der Waals surface area contributed by atoms with E-state index in [1.54, 1.807) is 17.1 Å². The van der Waals surface area contributed by atoms with Gasteiger partial charge in [0.05, 0.1) is 24.0 Å². The van der Waals surface area contributed by atoms with Crippen LogP contribution < -0.4 is 5.32 Å². The number of aryl methyl sites for hydroxylation is 1. The zero-order valence-electron chi connectivity index (χ0n) is 17.9. The Morgan fingerprint density at radius 3 is 2.60 bits per heavy atom. The minimum absolute atomic E-state index is 0.0393. The van der Waals surface area contributed by atoms with E-state index >= 15 is 0 Å². The second-order valence-electron chi connectivity index (χ2n) is 8.38. The molecule has 30 heavy (non-hydrogen) atoms. The number of fused-ring (bicyclic) bond motifs is 1. The average molecular weight is 408 g/mol. The predicted octanol–water partition coefficient (Wildman–Crippen LogP) is 2.24. The summed E-state index contributed by atoms with van der Waals surface area (Å²) in [6, 6.07) is 5.77. The second kappa shape index (κ2) is 8.89. The molecule has 0 radical (unpaired) electrons. The number of amides is 1. The van der Waals surface area contributed by atoms with Crippen molar-refractivity contribution >= 4 is 22.6 Å². The normalized spacial score (nSPS) is 15.7. The van der Waals surface area contributed by atoms with Crippen molar-refractivity contribution in [1.82, 2.24) is 29.5 Å². The molecule has 1 amide bonds. The van der Waals surface area contributed by atoms with Gasteiger partial charge >= 0.3 is 0 Å². The molecule has 8 heteroatoms. The Bertz CT molecular complexity index is 1020. The van der Waals surface area contributed by atoms with E-state index in [0.717, 1.165) is 54.9 Å². The molecule has 1 aliphatic rings. The van der Waals surface area contributed by atoms with Crippen molar-refractivity contribution in [2.24, 2.45) is 13.0 Å². The monoisotopic (exact) mass is 407 g/mol. The van der Waals surface area contributed by atoms with Gasteiger partial charge in [0.15, 0.2) is 0 Å². The molecule has 1 fully saturated rings. The number of hydrogen-bond acceptors (Lipinski definition) is 6. The van der Waals surface area contributed by atoms with Crippen LogP contribution in [-0.4, -0.2) is 74.7 Å². The SMILES string of the molecule is CC(C)CN1CCN(CC(=O)Nc2cc3nc(-c4cnn(C)c4)ccc3cn2)CC1. The topological polar surface area (TPSA) is 79.2 Å². The summed E-state index contributed by atoms with van der Waals surface area (Å²) < 4.78 is 1.75. The van der Waals surface area contributed by atoms with E-state index in [4.69, 9.17) is 4.98 Å². The van der Waals surface area contributed by atoms with Gasteiger partial charge in [-0.2, -0.15) is 5.10 Å². The molecular weight excluding hydrogens is 378 g/mol. The van der Waals surface area contributed by atoms with Crippen LogP contribution >= 0.6 is 0 Å². The number of nitrogens with one attached hydrogen (secondary N) is 1. The molecule has 1 N–H and O–H groups in total. The molecule has 0 atom stereocenters. The van der Waals surface area contributed by atoms with Gasteiger partial charge in [-0.25, -0.2) is 9.97 Å². The summed E-state index contributed by atoms with van der Waals surface area (Å²) in [7, 11) is 1.88. The number of carbonyl (C=O) groups is 1. The standard InChI is InChI=1S/C22H29N7O/c1-16(2)13-28-6-8-29(9-7-28)15-22(30)26-21-10-20-17(11-23-21)4-5-19(25-20)18-12-24-27(3)14-18/h4-5,10-12,14,16H,6-9,13,15H2,1-3H3,(H,23,26,30). The number of rotatable bonds is 6. The zero-order chi connectivity index (χ0) is 21.1. The first-order valence-corrected chi connectivity index (χ1v) is 10.5. The van der Waals surface area contributed by atoms with E-state index < -0.39 is 0 Å². The molecule has 0 aliphatic carbocycles. The molecule has 0 unspecified atom stereocenters. The van der Waals surface area contributed by atoms with Gasteiger partial charge in [0.25, 0.3) is 0 Å². The summed E-state index contributed by atoms with van der Waals surface area (Å²) in [4.78, 5) is 26.3. The number of aromatic nitrogens is 4. The molecule has 0 aromatic carbocycles. The van der Waals surface area contributed by atoms with Crippen LogP contribution in [0.4, 0.5) is 5.82 Å². The minimum Gasteiger partial charge on any atom is -0.310 e. The summed E-state index contributed by atoms with van der Waals surface area (Å²) in [6.07, 6.45) is 5.47. The minimum atomic E-state index is -0.0393. The summed E-state index contributed by atoms with van der Waals surface area (Å²) in [5, 5.41) is 8.06. The Labute approximate surface area is 176 Å². The Hall–Kier alpha value is -2.84. The number of pyridine rings is 2. The molecule has 1 aliphatic heterocycles. The summed E-state index contributed by atoms with van der Waals surface area (Å²) in [6.45, 7) is 9.85. The third kappa shape index (κ3) is 5.01. The van der Waals surface area contributed by atoms with Crippen LogP contribution in [-0.2, 0) is 11.8 Å². The first-order valence-electron chi connectivity index (χ1n) is 10.5. The Morgan fingerprint density at radius 2 is 1.90 bits per heavy atom. The maximum Gasteiger partial charge on any atom is 0.239 e. The van der Waals surface area contributed by atoms with E-state index in [9.17, 15) is 4.79 Å². The number of carbonyl (C=O) groups excluding carboxylic acids is 1. The van der Waals surface area contributed by atoms with E-state index in [2.05, 4.69) is 39.0 Å². The fourth-order valence-electron chi connectivity index (χ4n) is 3.83. The molecule has 8 nitrogen and oxygen atoms in total. The summed E-state index contributed by atoms with van der Waals surface area (Å²) >= 11 is 0. The smallest absolute Gasteiger partial charge is 0.239 e. The van der Waals surface area contributed by atoms with Crippen LogP contribution in [0.25, 0.3) is 22.2 Å². The van der Waals surface area contributed by atoms with Crippen molar-refractivity contribution < 1.29 is 4.79 Å². The maximum absolute atomic E-state index is 12.5. The Kier molecular flexibility index (Phi) is 6.06. The van der Waals surface area contributed by atoms with Crippen molar-refractivity contribution in [2.75, 3.05) is 44.6 Å². The van der Waals surface area contributed by atoms with E-state index in [0.29, 0.717) is 18.3 Å². The highest BCUT2D eigenvalue weighted by Crippen LogP contribution is 2.21. The van der Waals surface area contributed by atoms with Gasteiger partial charge in [-0.1, -0.05) is 13.8 Å². The van der Waals surface area contributed by atoms with Crippen molar-refractivity contribution in [3.05, 3.63) is 36.8 Å². The molecule has 158 valence electrons. The van der Waals surface area contributed by atoms with Crippen molar-refractivity contribution in [3.63, 3.8) is 0 Å². The van der Waals surface area contributed by atoms with E-state index in [1.807, 2.05) is 31.4 Å². The molecule has 0 bridgehead atoms. The van der Waals surface area contributed by atoms with Gasteiger partial charge < -0.3 is 10.2 Å². The van der Waals surface area contributed by atoms with Crippen molar-refractivity contribution in [1.29, 1.82) is 0 Å². The van der Waals surface area contributed by atoms with Gasteiger partial charge in [0.2, 0.25) is 5.91 Å². The van der Waals surface area contributed by atoms with E-state index in [1.165, 1.54) is 0 Å². The van der Waals surface area contributed by atoms with Gasteiger partial charge in [-0.3, -0.25) is 14.4 Å². The second-order valence-corrected chi connectivity index (χ2v) is 8.38. The lowest BCUT2D eigenvalue weighted by Gasteiger charge is -2.35. The van der Waals surface area contributed by atoms with Crippen LogP contribution in [0.5, 0.6) is 0 Å². The van der Waals surface area contributed by atoms with E-state index in [-0.39, 0.29) is 5.91 Å². The van der Waals surface area contributed by atoms with Crippen LogP contribution in [0.3, 0.4) is 0 Å². The fourth-order valence-corrected chi connectivity index (χ4v) is 3.83. The molecule has 0 saturated carbocycles. The molecule has 4 rings (SSSR count). The molecule has 3 aromatic rings. The molecular formula is C22H29N7O. The van der Waals surface area contributed by atoms with Crippen LogP contribution in [0.1, 0.15) is 13.8 Å². The number of nitrogens with zero attached hydrogens (tertiary/aromatic N) is 6. The Balaban J connectivity index is 1.38. The lowest BCUT2D eigenvalue weighted by Crippen LogP contribution is -2.49. The Morgan fingerprint density at radius 1 is 1.13 bits per heavy atom. The predicted molar refractivity (Wildman–Crippen MR) is 118 cm³/mol. The number of anilines is 1. The quantitative estimate of drug-likeness (QED) is 0.675. The van der Waals surface area contributed by atoms with Gasteiger partial charge in [-0.15, -0.1) is 0 Å². The number of hydrogen-bond donors (Lipinski definition) is 1. The molecule has 1 saturated heterocycles. The summed E-state index contributed by atoms with van der Waals surface area (Å²) in [5.74, 6) is 1.16. The fraction of sp³-hybridized carbons (Fsp3) is 0.455. The van der Waals surface area contributed by atoms with Gasteiger partial charge in [0, 0.05) is 69.2 Å². The van der Waals surface area contributed by atoms with Crippen molar-refractivity contribution in [2.45, 2.75) is 13.8 Å². The average Bonchev–Trinajstić information content (AvgIpc) is 3.15. The highest BCUT2D eigenvalue weighted by atomic mass is 16.2. The summed E-state index contributed by atoms with van der Waals surface area (Å²) in [5.41, 5.74) is 2.60. The lowest BCUT2D eigenvalue weighted by atomic mass is 10.2. The van der Waals surface area contributed by atoms with Crippen molar-refractivity contribution in [3.8, 4) is 11.3 Å². The molecule has 0 spiro atoms. The van der Waals surface area contributed by atoms with Crippen LogP contribution in [0.15, 0.2) is 36.8 Å². The lowest BCUT2D eigenvalue weighted by molar-refractivity contribution is -0.117. The zero-order valence-corrected chi connectivity index (χ0v) is 17.9. The highest BCUT2D eigenvalue weighted by molar-refractivity contribution is 5.93. The first-order chi connectivity index (χ1) is 14.5. The largest absolute Gasteiger partial charge is 0.310 e. The third-order valence-corrected chi connectivity index (χ3v) is 5.30. The number of piperazine rings is 1.